The molecule has 62 heavy (non-hydrogen) atoms. The van der Waals surface area contributed by atoms with Gasteiger partial charge < -0.3 is 8.83 Å². The lowest BCUT2D eigenvalue weighted by Gasteiger charge is -2.45. The van der Waals surface area contributed by atoms with Crippen LogP contribution in [-0.4, -0.2) is 19.5 Å². The standard InChI is InChI=1S/C55H42B2N2O3/c1-54(2,3)33-28-34(55(4,5)6)30-35(29-33)56-41-26-23-32-24-27-42-50-46(32)49(41)59(48-39-17-10-12-21-45(39)62-52(48)56)53(60)58(50)47-36-15-8-7-14-31(36)22-25-40(47)57(42)43-19-13-18-38-37-16-9-11-20-44(37)61-51(38)43/h7-30H,1-6H3. The highest BCUT2D eigenvalue weighted by Crippen LogP contribution is 2.50. The SMILES string of the molecule is CC(C)(C)c1cc(B2c3ccc4ccc5c6c4c3N(C(=O)N6c3c(ccc4ccccc34)B5c3cccc4c3oc3ccccc34)c3c2oc2ccccc32)cc(C(C)(C)C)c1. The zero-order chi connectivity index (χ0) is 42.0. The summed E-state index contributed by atoms with van der Waals surface area (Å²) in [5, 5.41) is 7.38. The van der Waals surface area contributed by atoms with E-state index >= 15 is 4.79 Å². The summed E-state index contributed by atoms with van der Waals surface area (Å²) in [5.74, 6) is 0. The highest BCUT2D eigenvalue weighted by atomic mass is 16.3. The summed E-state index contributed by atoms with van der Waals surface area (Å²) in [6.07, 6.45) is 0. The van der Waals surface area contributed by atoms with Gasteiger partial charge in [0.15, 0.2) is 0 Å². The Labute approximate surface area is 360 Å². The van der Waals surface area contributed by atoms with E-state index in [0.29, 0.717) is 0 Å². The minimum atomic E-state index is -0.261. The van der Waals surface area contributed by atoms with Crippen molar-refractivity contribution in [2.45, 2.75) is 52.4 Å². The summed E-state index contributed by atoms with van der Waals surface area (Å²) >= 11 is 0. The summed E-state index contributed by atoms with van der Waals surface area (Å²) in [5.41, 5.74) is 14.8. The smallest absolute Gasteiger partial charge is 0.338 e. The van der Waals surface area contributed by atoms with Crippen molar-refractivity contribution < 1.29 is 13.6 Å². The molecule has 13 rings (SSSR count). The van der Waals surface area contributed by atoms with Crippen molar-refractivity contribution in [1.82, 2.24) is 0 Å². The lowest BCUT2D eigenvalue weighted by molar-refractivity contribution is 0.255. The molecule has 5 heterocycles. The third-order valence-corrected chi connectivity index (χ3v) is 14.0. The molecule has 0 fully saturated rings. The van der Waals surface area contributed by atoms with Gasteiger partial charge in [-0.05, 0) is 72.8 Å². The number of urea groups is 1. The molecule has 2 aromatic heterocycles. The second-order valence-electron chi connectivity index (χ2n) is 19.6. The van der Waals surface area contributed by atoms with Crippen LogP contribution in [0.3, 0.4) is 0 Å². The van der Waals surface area contributed by atoms with Crippen LogP contribution in [0.2, 0.25) is 0 Å². The number of anilines is 4. The zero-order valence-electron chi connectivity index (χ0n) is 35.6. The molecule has 3 aliphatic heterocycles. The predicted molar refractivity (Wildman–Crippen MR) is 261 cm³/mol. The van der Waals surface area contributed by atoms with Crippen LogP contribution >= 0.6 is 0 Å². The van der Waals surface area contributed by atoms with Crippen LogP contribution in [0.4, 0.5) is 27.5 Å². The summed E-state index contributed by atoms with van der Waals surface area (Å²) in [7, 11) is 0. The maximum atomic E-state index is 16.3. The predicted octanol–water partition coefficient (Wildman–Crippen LogP) is 10.3. The Morgan fingerprint density at radius 3 is 1.69 bits per heavy atom. The Morgan fingerprint density at radius 1 is 0.452 bits per heavy atom. The van der Waals surface area contributed by atoms with E-state index in [0.717, 1.165) is 105 Å². The number of fused-ring (bicyclic) bond motifs is 11. The first kappa shape index (κ1) is 35.7. The molecule has 2 amide bonds. The minimum absolute atomic E-state index is 0.0888. The number of hydrogen-bond acceptors (Lipinski definition) is 3. The number of benzene rings is 8. The third kappa shape index (κ3) is 4.68. The second kappa shape index (κ2) is 12.1. The van der Waals surface area contributed by atoms with Crippen LogP contribution in [0, 0.1) is 0 Å². The molecule has 10 aromatic rings. The van der Waals surface area contributed by atoms with Gasteiger partial charge in [0.25, 0.3) is 13.4 Å². The second-order valence-corrected chi connectivity index (χ2v) is 19.6. The maximum Gasteiger partial charge on any atom is 0.338 e. The van der Waals surface area contributed by atoms with E-state index in [-0.39, 0.29) is 30.3 Å². The fraction of sp³-hybridized carbons (Fsp3) is 0.145. The number of carbonyl (C=O) groups is 1. The Bertz CT molecular complexity index is 3590. The normalized spacial score (nSPS) is 14.5. The van der Waals surface area contributed by atoms with Gasteiger partial charge in [0.05, 0.1) is 28.4 Å². The average Bonchev–Trinajstić information content (AvgIpc) is 3.85. The molecule has 296 valence electrons. The van der Waals surface area contributed by atoms with Crippen LogP contribution in [0.15, 0.2) is 154 Å². The number of furan rings is 2. The Morgan fingerprint density at radius 2 is 1.00 bits per heavy atom. The van der Waals surface area contributed by atoms with Crippen molar-refractivity contribution in [3.05, 3.63) is 157 Å². The molecule has 5 nitrogen and oxygen atoms in total. The lowest BCUT2D eigenvalue weighted by atomic mass is 9.34. The van der Waals surface area contributed by atoms with Crippen LogP contribution in [0.5, 0.6) is 0 Å². The van der Waals surface area contributed by atoms with Crippen LogP contribution in [-0.2, 0) is 10.8 Å². The topological polar surface area (TPSA) is 49.8 Å². The number of amides is 2. The molecule has 0 radical (unpaired) electrons. The molecule has 8 aromatic carbocycles. The van der Waals surface area contributed by atoms with E-state index in [9.17, 15) is 0 Å². The first-order valence-electron chi connectivity index (χ1n) is 21.8. The molecular formula is C55H42B2N2O3. The minimum Gasteiger partial charge on any atom is -0.468 e. The summed E-state index contributed by atoms with van der Waals surface area (Å²) < 4.78 is 13.8. The number of nitrogens with zero attached hydrogens (tertiary/aromatic N) is 2. The van der Waals surface area contributed by atoms with Gasteiger partial charge in [0.1, 0.15) is 16.7 Å². The third-order valence-electron chi connectivity index (χ3n) is 14.0. The molecule has 0 aliphatic carbocycles. The molecule has 0 atom stereocenters. The van der Waals surface area contributed by atoms with Gasteiger partial charge in [-0.15, -0.1) is 0 Å². The van der Waals surface area contributed by atoms with E-state index < -0.39 is 0 Å². The fourth-order valence-corrected chi connectivity index (χ4v) is 11.0. The highest BCUT2D eigenvalue weighted by Gasteiger charge is 2.51. The summed E-state index contributed by atoms with van der Waals surface area (Å²) in [6.45, 7) is 13.3. The Kier molecular flexibility index (Phi) is 6.98. The van der Waals surface area contributed by atoms with Gasteiger partial charge >= 0.3 is 6.03 Å². The average molecular weight is 801 g/mol. The molecule has 0 spiro atoms. The molecular weight excluding hydrogens is 758 g/mol. The van der Waals surface area contributed by atoms with E-state index in [1.807, 2.05) is 34.1 Å². The van der Waals surface area contributed by atoms with Crippen LogP contribution < -0.4 is 42.8 Å². The van der Waals surface area contributed by atoms with Gasteiger partial charge in [0.2, 0.25) is 0 Å². The fourth-order valence-electron chi connectivity index (χ4n) is 11.0. The van der Waals surface area contributed by atoms with Crippen molar-refractivity contribution in [2.75, 3.05) is 9.80 Å². The van der Waals surface area contributed by atoms with Crippen molar-refractivity contribution in [1.29, 1.82) is 0 Å². The van der Waals surface area contributed by atoms with E-state index in [1.165, 1.54) is 16.6 Å². The van der Waals surface area contributed by atoms with Crippen LogP contribution in [0.1, 0.15) is 52.7 Å². The zero-order valence-corrected chi connectivity index (χ0v) is 35.6. The van der Waals surface area contributed by atoms with E-state index in [2.05, 4.69) is 163 Å². The number of carbonyl (C=O) groups excluding carboxylic acids is 1. The molecule has 7 heteroatoms. The maximum absolute atomic E-state index is 16.3. The molecule has 0 unspecified atom stereocenters. The van der Waals surface area contributed by atoms with E-state index in [1.54, 1.807) is 0 Å². The van der Waals surface area contributed by atoms with Crippen LogP contribution in [0.25, 0.3) is 54.5 Å². The highest BCUT2D eigenvalue weighted by molar-refractivity contribution is 7.00. The molecule has 0 saturated heterocycles. The molecule has 0 bridgehead atoms. The molecule has 0 N–H and O–H groups in total. The van der Waals surface area contributed by atoms with Crippen molar-refractivity contribution in [2.24, 2.45) is 0 Å². The van der Waals surface area contributed by atoms with Crippen molar-refractivity contribution in [3.8, 4) is 0 Å². The van der Waals surface area contributed by atoms with Crippen molar-refractivity contribution in [3.63, 3.8) is 0 Å². The quantitative estimate of drug-likeness (QED) is 0.164. The summed E-state index contributed by atoms with van der Waals surface area (Å²) in [6, 6.07) is 52.0. The first-order chi connectivity index (χ1) is 30.0. The van der Waals surface area contributed by atoms with Gasteiger partial charge in [0, 0.05) is 26.9 Å². The lowest BCUT2D eigenvalue weighted by Crippen LogP contribution is -2.64. The van der Waals surface area contributed by atoms with Gasteiger partial charge in [-0.3, -0.25) is 9.80 Å². The Hall–Kier alpha value is -6.98. The van der Waals surface area contributed by atoms with Gasteiger partial charge in [-0.2, -0.15) is 0 Å². The van der Waals surface area contributed by atoms with Gasteiger partial charge in [-0.25, -0.2) is 4.79 Å². The molecule has 3 aliphatic rings. The first-order valence-corrected chi connectivity index (χ1v) is 21.8. The van der Waals surface area contributed by atoms with Gasteiger partial charge in [-0.1, -0.05) is 174 Å². The largest absolute Gasteiger partial charge is 0.468 e. The van der Waals surface area contributed by atoms with E-state index in [4.69, 9.17) is 8.83 Å². The number of rotatable bonds is 2. The Balaban J connectivity index is 1.18. The molecule has 0 saturated carbocycles. The monoisotopic (exact) mass is 800 g/mol. The summed E-state index contributed by atoms with van der Waals surface area (Å²) in [4.78, 5) is 20.3. The number of hydrogen-bond donors (Lipinski definition) is 0. The van der Waals surface area contributed by atoms with Crippen molar-refractivity contribution >= 4 is 130 Å². The number of para-hydroxylation sites is 3.